The van der Waals surface area contributed by atoms with E-state index in [1.807, 2.05) is 0 Å². The maximum absolute atomic E-state index is 12.9. The highest BCUT2D eigenvalue weighted by Crippen LogP contribution is 2.40. The van der Waals surface area contributed by atoms with Crippen molar-refractivity contribution in [1.29, 1.82) is 0 Å². The second kappa shape index (κ2) is 5.64. The molecule has 1 aliphatic heterocycles. The summed E-state index contributed by atoms with van der Waals surface area (Å²) in [5, 5.41) is 0. The predicted molar refractivity (Wildman–Crippen MR) is 78.1 cm³/mol. The second-order valence-corrected chi connectivity index (χ2v) is 5.86. The van der Waals surface area contributed by atoms with Crippen LogP contribution in [0.5, 0.6) is 0 Å². The molecule has 114 valence electrons. The molecule has 2 heterocycles. The van der Waals surface area contributed by atoms with Crippen molar-refractivity contribution in [2.24, 2.45) is 0 Å². The SMILES string of the molecule is O=C(c1ccncc1)N1CCSc2ccc(C(F)(F)F)cc21. The summed E-state index contributed by atoms with van der Waals surface area (Å²) in [6.45, 7) is 0.375. The monoisotopic (exact) mass is 324 g/mol. The summed E-state index contributed by atoms with van der Waals surface area (Å²) >= 11 is 1.45. The van der Waals surface area contributed by atoms with Gasteiger partial charge in [-0.05, 0) is 30.3 Å². The van der Waals surface area contributed by atoms with Gasteiger partial charge in [0.25, 0.3) is 5.91 Å². The second-order valence-electron chi connectivity index (χ2n) is 4.72. The largest absolute Gasteiger partial charge is 0.416 e. The summed E-state index contributed by atoms with van der Waals surface area (Å²) in [5.74, 6) is 0.332. The summed E-state index contributed by atoms with van der Waals surface area (Å²) in [6.07, 6.45) is -1.46. The third-order valence-corrected chi connectivity index (χ3v) is 4.36. The van der Waals surface area contributed by atoms with Crippen molar-refractivity contribution in [3.63, 3.8) is 0 Å². The van der Waals surface area contributed by atoms with E-state index in [0.29, 0.717) is 28.4 Å². The third kappa shape index (κ3) is 2.81. The van der Waals surface area contributed by atoms with Gasteiger partial charge < -0.3 is 4.90 Å². The number of thioether (sulfide) groups is 1. The molecular formula is C15H11F3N2OS. The van der Waals surface area contributed by atoms with Gasteiger partial charge in [-0.2, -0.15) is 13.2 Å². The van der Waals surface area contributed by atoms with Crippen LogP contribution in [0, 0.1) is 0 Å². The number of rotatable bonds is 1. The van der Waals surface area contributed by atoms with E-state index in [0.717, 1.165) is 12.1 Å². The van der Waals surface area contributed by atoms with Crippen LogP contribution in [0.15, 0.2) is 47.6 Å². The smallest absolute Gasteiger partial charge is 0.306 e. The number of amides is 1. The van der Waals surface area contributed by atoms with Crippen LogP contribution < -0.4 is 4.90 Å². The number of alkyl halides is 3. The van der Waals surface area contributed by atoms with Crippen LogP contribution in [0.25, 0.3) is 0 Å². The number of nitrogens with zero attached hydrogens (tertiary/aromatic N) is 2. The molecule has 0 N–H and O–H groups in total. The Morgan fingerprint density at radius 3 is 2.59 bits per heavy atom. The zero-order valence-corrected chi connectivity index (χ0v) is 12.1. The Balaban J connectivity index is 2.02. The Morgan fingerprint density at radius 1 is 1.18 bits per heavy atom. The average molecular weight is 324 g/mol. The maximum Gasteiger partial charge on any atom is 0.416 e. The normalized spacial score (nSPS) is 14.6. The lowest BCUT2D eigenvalue weighted by atomic mass is 10.1. The van der Waals surface area contributed by atoms with Crippen LogP contribution in [-0.4, -0.2) is 23.2 Å². The Morgan fingerprint density at radius 2 is 1.91 bits per heavy atom. The van der Waals surface area contributed by atoms with Gasteiger partial charge in [0.1, 0.15) is 0 Å². The van der Waals surface area contributed by atoms with E-state index in [2.05, 4.69) is 4.98 Å². The van der Waals surface area contributed by atoms with Crippen LogP contribution in [-0.2, 0) is 6.18 Å². The van der Waals surface area contributed by atoms with Crippen LogP contribution >= 0.6 is 11.8 Å². The molecule has 0 saturated carbocycles. The number of hydrogen-bond acceptors (Lipinski definition) is 3. The molecule has 1 amide bonds. The molecule has 1 aromatic carbocycles. The highest BCUT2D eigenvalue weighted by Gasteiger charge is 2.33. The zero-order chi connectivity index (χ0) is 15.7. The number of pyridine rings is 1. The van der Waals surface area contributed by atoms with Gasteiger partial charge in [-0.1, -0.05) is 0 Å². The van der Waals surface area contributed by atoms with Crippen molar-refractivity contribution in [3.05, 3.63) is 53.9 Å². The van der Waals surface area contributed by atoms with Gasteiger partial charge in [-0.3, -0.25) is 9.78 Å². The minimum absolute atomic E-state index is 0.313. The van der Waals surface area contributed by atoms with Crippen LogP contribution in [0.4, 0.5) is 18.9 Å². The van der Waals surface area contributed by atoms with Crippen LogP contribution in [0.3, 0.4) is 0 Å². The molecule has 22 heavy (non-hydrogen) atoms. The van der Waals surface area contributed by atoms with Gasteiger partial charge in [-0.15, -0.1) is 11.8 Å². The molecule has 0 atom stereocenters. The van der Waals surface area contributed by atoms with Crippen molar-refractivity contribution in [2.75, 3.05) is 17.2 Å². The highest BCUT2D eigenvalue weighted by molar-refractivity contribution is 7.99. The predicted octanol–water partition coefficient (Wildman–Crippen LogP) is 3.85. The molecular weight excluding hydrogens is 313 g/mol. The standard InChI is InChI=1S/C15H11F3N2OS/c16-15(17,18)11-1-2-13-12(9-11)20(7-8-22-13)14(21)10-3-5-19-6-4-10/h1-6,9H,7-8H2. The van der Waals surface area contributed by atoms with Gasteiger partial charge in [0.2, 0.25) is 0 Å². The van der Waals surface area contributed by atoms with Crippen LogP contribution in [0.1, 0.15) is 15.9 Å². The Labute approximate surface area is 129 Å². The lowest BCUT2D eigenvalue weighted by molar-refractivity contribution is -0.137. The Kier molecular flexibility index (Phi) is 3.82. The Hall–Kier alpha value is -2.02. The fraction of sp³-hybridized carbons (Fsp3) is 0.200. The van der Waals surface area contributed by atoms with Crippen molar-refractivity contribution in [1.82, 2.24) is 4.98 Å². The number of carbonyl (C=O) groups excluding carboxylic acids is 1. The van der Waals surface area contributed by atoms with Crippen molar-refractivity contribution in [2.45, 2.75) is 11.1 Å². The molecule has 3 nitrogen and oxygen atoms in total. The van der Waals surface area contributed by atoms with Gasteiger partial charge in [0.05, 0.1) is 11.3 Å². The summed E-state index contributed by atoms with van der Waals surface area (Å²) < 4.78 is 38.7. The highest BCUT2D eigenvalue weighted by atomic mass is 32.2. The number of carbonyl (C=O) groups is 1. The molecule has 2 aromatic rings. The van der Waals surface area contributed by atoms with Crippen LogP contribution in [0.2, 0.25) is 0 Å². The molecule has 7 heteroatoms. The number of fused-ring (bicyclic) bond motifs is 1. The molecule has 1 aliphatic rings. The van der Waals surface area contributed by atoms with E-state index in [1.54, 1.807) is 12.1 Å². The average Bonchev–Trinajstić information content (AvgIpc) is 2.53. The molecule has 0 fully saturated rings. The molecule has 0 aliphatic carbocycles. The topological polar surface area (TPSA) is 33.2 Å². The van der Waals surface area contributed by atoms with E-state index < -0.39 is 11.7 Å². The minimum Gasteiger partial charge on any atom is -0.306 e. The lowest BCUT2D eigenvalue weighted by Gasteiger charge is -2.29. The molecule has 1 aromatic heterocycles. The summed E-state index contributed by atoms with van der Waals surface area (Å²) in [7, 11) is 0. The third-order valence-electron chi connectivity index (χ3n) is 3.32. The zero-order valence-electron chi connectivity index (χ0n) is 11.3. The van der Waals surface area contributed by atoms with E-state index >= 15 is 0 Å². The first-order chi connectivity index (χ1) is 10.5. The van der Waals surface area contributed by atoms with Gasteiger partial charge in [0, 0.05) is 35.2 Å². The maximum atomic E-state index is 12.9. The fourth-order valence-electron chi connectivity index (χ4n) is 2.26. The molecule has 0 unspecified atom stereocenters. The van der Waals surface area contributed by atoms with Gasteiger partial charge in [0.15, 0.2) is 0 Å². The number of benzene rings is 1. The number of hydrogen-bond donors (Lipinski definition) is 0. The first-order valence-corrected chi connectivity index (χ1v) is 7.51. The quantitative estimate of drug-likeness (QED) is 0.799. The number of anilines is 1. The Bertz CT molecular complexity index is 704. The van der Waals surface area contributed by atoms with E-state index in [1.165, 1.54) is 35.1 Å². The first kappa shape index (κ1) is 14.9. The van der Waals surface area contributed by atoms with Gasteiger partial charge >= 0.3 is 6.18 Å². The molecule has 0 radical (unpaired) electrons. The molecule has 0 bridgehead atoms. The fourth-order valence-corrected chi connectivity index (χ4v) is 3.23. The number of halogens is 3. The van der Waals surface area contributed by atoms with Crippen molar-refractivity contribution < 1.29 is 18.0 Å². The molecule has 0 saturated heterocycles. The van der Waals surface area contributed by atoms with E-state index in [9.17, 15) is 18.0 Å². The molecule has 3 rings (SSSR count). The molecule has 0 spiro atoms. The van der Waals surface area contributed by atoms with E-state index in [4.69, 9.17) is 0 Å². The van der Waals surface area contributed by atoms with Crippen molar-refractivity contribution >= 4 is 23.4 Å². The van der Waals surface area contributed by atoms with Gasteiger partial charge in [-0.25, -0.2) is 0 Å². The summed E-state index contributed by atoms with van der Waals surface area (Å²) in [6, 6.07) is 6.62. The van der Waals surface area contributed by atoms with Crippen molar-refractivity contribution in [3.8, 4) is 0 Å². The lowest BCUT2D eigenvalue weighted by Crippen LogP contribution is -2.35. The summed E-state index contributed by atoms with van der Waals surface area (Å²) in [4.78, 5) is 18.5. The van der Waals surface area contributed by atoms with E-state index in [-0.39, 0.29) is 5.91 Å². The minimum atomic E-state index is -4.43. The first-order valence-electron chi connectivity index (χ1n) is 6.53. The number of aromatic nitrogens is 1. The summed E-state index contributed by atoms with van der Waals surface area (Å²) in [5.41, 5.74) is -0.0283.